The minimum Gasteiger partial charge on any atom is -0.336 e. The first-order chi connectivity index (χ1) is 22.1. The van der Waals surface area contributed by atoms with Gasteiger partial charge in [-0.1, -0.05) is 13.0 Å². The normalized spacial score (nSPS) is 20.6. The lowest BCUT2D eigenvalue weighted by atomic mass is 10.0. The molecule has 6 heterocycles. The zero-order chi connectivity index (χ0) is 33.6. The second-order valence-corrected chi connectivity index (χ2v) is 12.9. The fourth-order valence-corrected chi connectivity index (χ4v) is 6.80. The summed E-state index contributed by atoms with van der Waals surface area (Å²) >= 11 is 0. The number of piperidine rings is 1. The van der Waals surface area contributed by atoms with E-state index in [4.69, 9.17) is 4.98 Å². The fourth-order valence-electron chi connectivity index (χ4n) is 6.80. The summed E-state index contributed by atoms with van der Waals surface area (Å²) in [4.78, 5) is 54.8. The molecular weight excluding hydrogens is 613 g/mol. The molecule has 0 unspecified atom stereocenters. The van der Waals surface area contributed by atoms with Gasteiger partial charge in [-0.25, -0.2) is 14.5 Å². The van der Waals surface area contributed by atoms with Crippen LogP contribution in [-0.2, 0) is 22.3 Å². The van der Waals surface area contributed by atoms with E-state index in [1.54, 1.807) is 46.3 Å². The van der Waals surface area contributed by atoms with Gasteiger partial charge in [0.1, 0.15) is 24.1 Å². The SMILES string of the molecule is CC(=O)c1cn(CC(=O)N2[C@H](C(=O)Nc3nc(C(F)(F)F)ccc3C)C[C@@]3(C)C[C@@H]23)c2c(C)nc(-c3cnc4cc(C)nn4c3)cc12. The Labute approximate surface area is 266 Å². The van der Waals surface area contributed by atoms with Crippen molar-refractivity contribution in [2.24, 2.45) is 5.41 Å². The Bertz CT molecular complexity index is 2150. The maximum Gasteiger partial charge on any atom is 0.433 e. The number of fused-ring (bicyclic) bond motifs is 3. The van der Waals surface area contributed by atoms with Gasteiger partial charge in [0.15, 0.2) is 11.4 Å². The number of nitrogens with zero attached hydrogens (tertiary/aromatic N) is 7. The zero-order valence-electron chi connectivity index (χ0n) is 26.3. The number of alkyl halides is 3. The fraction of sp³-hybridized carbons (Fsp3) is 0.364. The van der Waals surface area contributed by atoms with Crippen LogP contribution >= 0.6 is 0 Å². The number of hydrogen-bond donors (Lipinski definition) is 1. The summed E-state index contributed by atoms with van der Waals surface area (Å²) in [5.41, 5.74) is 3.41. The quantitative estimate of drug-likeness (QED) is 0.249. The van der Waals surface area contributed by atoms with Gasteiger partial charge >= 0.3 is 6.18 Å². The summed E-state index contributed by atoms with van der Waals surface area (Å²) in [6, 6.07) is 4.69. The topological polar surface area (TPSA) is 127 Å². The molecule has 0 spiro atoms. The van der Waals surface area contributed by atoms with Crippen molar-refractivity contribution < 1.29 is 27.6 Å². The third-order valence-corrected chi connectivity index (χ3v) is 9.30. The Kier molecular flexibility index (Phi) is 6.78. The standard InChI is InChI=1S/C33H31F3N8O3/c1-16-6-7-25(33(34,35)36)39-30(16)40-31(47)24-10-32(5)11-26(32)44(24)28(46)15-42-14-22(19(4)45)21-9-23(38-18(3)29(21)42)20-12-37-27-8-17(2)41-43(27)13-20/h6-9,12-14,24,26H,10-11,15H2,1-5H3,(H,39,40,47)/t24-,26+,32-/m0/s1. The number of amides is 2. The Balaban J connectivity index is 1.19. The minimum absolute atomic E-state index is 0.164. The lowest BCUT2D eigenvalue weighted by Crippen LogP contribution is -2.46. The van der Waals surface area contributed by atoms with E-state index in [1.807, 2.05) is 26.1 Å². The van der Waals surface area contributed by atoms with Crippen LogP contribution < -0.4 is 5.32 Å². The second-order valence-electron chi connectivity index (χ2n) is 12.9. The minimum atomic E-state index is -4.67. The molecule has 7 rings (SSSR count). The van der Waals surface area contributed by atoms with Crippen molar-refractivity contribution >= 4 is 40.0 Å². The van der Waals surface area contributed by atoms with Crippen LogP contribution in [0.1, 0.15) is 59.7 Å². The number of Topliss-reactive ketones (excluding diaryl/α,β-unsaturated/α-hetero) is 1. The molecule has 11 nitrogen and oxygen atoms in total. The first-order valence-electron chi connectivity index (χ1n) is 15.1. The number of nitrogens with one attached hydrogen (secondary N) is 1. The van der Waals surface area contributed by atoms with E-state index in [9.17, 15) is 27.6 Å². The molecule has 0 bridgehead atoms. The van der Waals surface area contributed by atoms with Gasteiger partial charge in [0, 0.05) is 47.2 Å². The van der Waals surface area contributed by atoms with Crippen molar-refractivity contribution in [1.82, 2.24) is 34.0 Å². The number of hydrogen-bond acceptors (Lipinski definition) is 7. The summed E-state index contributed by atoms with van der Waals surface area (Å²) < 4.78 is 43.3. The predicted molar refractivity (Wildman–Crippen MR) is 166 cm³/mol. The summed E-state index contributed by atoms with van der Waals surface area (Å²) in [6.45, 7) is 8.51. The van der Waals surface area contributed by atoms with Gasteiger partial charge in [-0.05, 0) is 63.6 Å². The molecule has 47 heavy (non-hydrogen) atoms. The lowest BCUT2D eigenvalue weighted by molar-refractivity contribution is -0.141. The summed E-state index contributed by atoms with van der Waals surface area (Å²) in [5.74, 6) is -1.32. The van der Waals surface area contributed by atoms with Gasteiger partial charge in [0.05, 0.1) is 22.6 Å². The van der Waals surface area contributed by atoms with Gasteiger partial charge in [-0.15, -0.1) is 0 Å². The average Bonchev–Trinajstić information content (AvgIpc) is 3.26. The molecule has 1 N–H and O–H groups in total. The van der Waals surface area contributed by atoms with Crippen LogP contribution in [0.5, 0.6) is 0 Å². The van der Waals surface area contributed by atoms with Crippen LogP contribution in [0.2, 0.25) is 0 Å². The highest BCUT2D eigenvalue weighted by Crippen LogP contribution is 2.59. The zero-order valence-corrected chi connectivity index (χ0v) is 26.3. The number of pyridine rings is 2. The molecule has 0 radical (unpaired) electrons. The number of halogens is 3. The average molecular weight is 645 g/mol. The van der Waals surface area contributed by atoms with Crippen molar-refractivity contribution in [3.63, 3.8) is 0 Å². The lowest BCUT2D eigenvalue weighted by Gasteiger charge is -2.27. The first kappa shape index (κ1) is 30.5. The van der Waals surface area contributed by atoms with Crippen molar-refractivity contribution in [2.75, 3.05) is 5.32 Å². The highest BCUT2D eigenvalue weighted by molar-refractivity contribution is 6.08. The van der Waals surface area contributed by atoms with Gasteiger partial charge in [-0.2, -0.15) is 18.3 Å². The Hall–Kier alpha value is -5.14. The Morgan fingerprint density at radius 2 is 1.83 bits per heavy atom. The van der Waals surface area contributed by atoms with Crippen LogP contribution in [0.25, 0.3) is 27.8 Å². The number of anilines is 1. The highest BCUT2D eigenvalue weighted by atomic mass is 19.4. The van der Waals surface area contributed by atoms with Gasteiger partial charge in [-0.3, -0.25) is 19.4 Å². The number of carbonyl (C=O) groups is 3. The Morgan fingerprint density at radius 1 is 1.06 bits per heavy atom. The maximum absolute atomic E-state index is 14.0. The molecule has 5 aromatic heterocycles. The molecule has 2 aliphatic rings. The molecular formula is C33H31F3N8O3. The largest absolute Gasteiger partial charge is 0.433 e. The molecule has 14 heteroatoms. The number of likely N-dealkylation sites (tertiary alicyclic amines) is 1. The third-order valence-electron chi connectivity index (χ3n) is 9.30. The summed E-state index contributed by atoms with van der Waals surface area (Å²) in [7, 11) is 0. The molecule has 5 aromatic rings. The maximum atomic E-state index is 14.0. The molecule has 0 aromatic carbocycles. The first-order valence-corrected chi connectivity index (χ1v) is 15.1. The summed E-state index contributed by atoms with van der Waals surface area (Å²) in [5, 5.41) is 7.60. The van der Waals surface area contributed by atoms with E-state index in [0.717, 1.165) is 11.8 Å². The highest BCUT2D eigenvalue weighted by Gasteiger charge is 2.64. The van der Waals surface area contributed by atoms with Crippen molar-refractivity contribution in [3.05, 3.63) is 71.1 Å². The van der Waals surface area contributed by atoms with Gasteiger partial charge in [0.25, 0.3) is 0 Å². The van der Waals surface area contributed by atoms with Gasteiger partial charge in [0.2, 0.25) is 11.8 Å². The van der Waals surface area contributed by atoms with E-state index >= 15 is 0 Å². The number of rotatable bonds is 6. The second kappa shape index (κ2) is 10.4. The van der Waals surface area contributed by atoms with Gasteiger partial charge < -0.3 is 14.8 Å². The predicted octanol–water partition coefficient (Wildman–Crippen LogP) is 5.31. The number of carbonyl (C=O) groups excluding carboxylic acids is 3. The molecule has 2 amide bonds. The van der Waals surface area contributed by atoms with Crippen molar-refractivity contribution in [2.45, 2.75) is 72.3 Å². The van der Waals surface area contributed by atoms with Crippen molar-refractivity contribution in [3.8, 4) is 11.3 Å². The molecule has 1 aliphatic heterocycles. The summed E-state index contributed by atoms with van der Waals surface area (Å²) in [6.07, 6.45) is 1.56. The van der Waals surface area contributed by atoms with Crippen molar-refractivity contribution in [1.29, 1.82) is 0 Å². The van der Waals surface area contributed by atoms with E-state index in [0.29, 0.717) is 57.5 Å². The molecule has 1 saturated carbocycles. The number of ketones is 1. The molecule has 1 saturated heterocycles. The molecule has 242 valence electrons. The number of aromatic nitrogens is 6. The number of aryl methyl sites for hydroxylation is 3. The van der Waals surface area contributed by atoms with E-state index in [1.165, 1.54) is 13.0 Å². The monoisotopic (exact) mass is 644 g/mol. The van der Waals surface area contributed by atoms with E-state index in [2.05, 4.69) is 20.4 Å². The van der Waals surface area contributed by atoms with Crippen LogP contribution in [0.15, 0.2) is 42.9 Å². The molecule has 3 atom stereocenters. The van der Waals surface area contributed by atoms with E-state index in [-0.39, 0.29) is 35.5 Å². The van der Waals surface area contributed by atoms with Crippen LogP contribution in [0, 0.1) is 26.2 Å². The Morgan fingerprint density at radius 3 is 2.55 bits per heavy atom. The van der Waals surface area contributed by atoms with E-state index < -0.39 is 23.8 Å². The molecule has 1 aliphatic carbocycles. The third kappa shape index (κ3) is 5.21. The van der Waals surface area contributed by atoms with Crippen LogP contribution in [-0.4, -0.2) is 63.7 Å². The van der Waals surface area contributed by atoms with Crippen LogP contribution in [0.4, 0.5) is 19.0 Å². The smallest absolute Gasteiger partial charge is 0.336 e. The van der Waals surface area contributed by atoms with Crippen LogP contribution in [0.3, 0.4) is 0 Å². The molecule has 2 fully saturated rings.